The Morgan fingerprint density at radius 2 is 1.77 bits per heavy atom. The van der Waals surface area contributed by atoms with Gasteiger partial charge in [0.1, 0.15) is 0 Å². The summed E-state index contributed by atoms with van der Waals surface area (Å²) in [6, 6.07) is 15.9. The molecular weight excluding hydrogens is 272 g/mol. The summed E-state index contributed by atoms with van der Waals surface area (Å²) in [5, 5.41) is 5.89. The van der Waals surface area contributed by atoms with Gasteiger partial charge >= 0.3 is 6.03 Å². The third kappa shape index (κ3) is 4.10. The number of rotatable bonds is 5. The van der Waals surface area contributed by atoms with Crippen LogP contribution in [-0.4, -0.2) is 6.03 Å². The van der Waals surface area contributed by atoms with Gasteiger partial charge in [-0.1, -0.05) is 56.3 Å². The van der Waals surface area contributed by atoms with Gasteiger partial charge in [-0.05, 0) is 42.0 Å². The molecule has 3 heteroatoms. The van der Waals surface area contributed by atoms with E-state index >= 15 is 0 Å². The summed E-state index contributed by atoms with van der Waals surface area (Å²) in [4.78, 5) is 12.1. The zero-order valence-electron chi connectivity index (χ0n) is 13.5. The fourth-order valence-corrected chi connectivity index (χ4v) is 2.41. The van der Waals surface area contributed by atoms with E-state index in [1.165, 1.54) is 11.1 Å². The molecule has 0 saturated heterocycles. The quantitative estimate of drug-likeness (QED) is 0.815. The first-order chi connectivity index (χ1) is 10.6. The van der Waals surface area contributed by atoms with E-state index in [9.17, 15) is 4.79 Å². The van der Waals surface area contributed by atoms with Crippen LogP contribution in [-0.2, 0) is 6.54 Å². The Kier molecular flexibility index (Phi) is 5.59. The zero-order valence-corrected chi connectivity index (χ0v) is 13.5. The van der Waals surface area contributed by atoms with E-state index in [1.807, 2.05) is 49.4 Å². The van der Waals surface area contributed by atoms with E-state index in [4.69, 9.17) is 0 Å². The molecule has 1 unspecified atom stereocenters. The summed E-state index contributed by atoms with van der Waals surface area (Å²) in [5.41, 5.74) is 4.38. The second-order valence-electron chi connectivity index (χ2n) is 5.63. The Morgan fingerprint density at radius 1 is 1.09 bits per heavy atom. The first kappa shape index (κ1) is 16.1. The topological polar surface area (TPSA) is 41.1 Å². The monoisotopic (exact) mass is 296 g/mol. The lowest BCUT2D eigenvalue weighted by atomic mass is 9.97. The average molecular weight is 296 g/mol. The number of hydrogen-bond donors (Lipinski definition) is 2. The highest BCUT2D eigenvalue weighted by molar-refractivity contribution is 5.90. The second-order valence-corrected chi connectivity index (χ2v) is 5.63. The molecule has 1 atom stereocenters. The van der Waals surface area contributed by atoms with Crippen molar-refractivity contribution in [3.63, 3.8) is 0 Å². The minimum atomic E-state index is -0.168. The Balaban J connectivity index is 1.99. The lowest BCUT2D eigenvalue weighted by Crippen LogP contribution is -2.29. The van der Waals surface area contributed by atoms with Crippen LogP contribution in [0.2, 0.25) is 0 Å². The van der Waals surface area contributed by atoms with Crippen LogP contribution in [0.3, 0.4) is 0 Å². The maximum absolute atomic E-state index is 12.1. The van der Waals surface area contributed by atoms with Gasteiger partial charge in [-0.2, -0.15) is 0 Å². The minimum absolute atomic E-state index is 0.168. The van der Waals surface area contributed by atoms with Crippen molar-refractivity contribution in [2.75, 3.05) is 5.32 Å². The van der Waals surface area contributed by atoms with Crippen molar-refractivity contribution in [2.24, 2.45) is 0 Å². The molecule has 0 aliphatic rings. The molecular formula is C19H24N2O. The molecule has 2 rings (SSSR count). The first-order valence-corrected chi connectivity index (χ1v) is 7.80. The van der Waals surface area contributed by atoms with E-state index in [-0.39, 0.29) is 6.03 Å². The standard InChI is InChI=1S/C19H24N2O/c1-4-14(2)17-11-7-8-12-18(17)21-19(22)20-13-16-10-6-5-9-15(16)3/h5-12,14H,4,13H2,1-3H3,(H2,20,21,22). The van der Waals surface area contributed by atoms with Gasteiger partial charge in [0.25, 0.3) is 0 Å². The van der Waals surface area contributed by atoms with Crippen molar-refractivity contribution in [2.45, 2.75) is 39.7 Å². The van der Waals surface area contributed by atoms with Crippen molar-refractivity contribution in [1.82, 2.24) is 5.32 Å². The van der Waals surface area contributed by atoms with E-state index in [2.05, 4.69) is 30.5 Å². The normalized spacial score (nSPS) is 11.8. The molecule has 0 aliphatic heterocycles. The first-order valence-electron chi connectivity index (χ1n) is 7.80. The molecule has 2 aromatic rings. The molecule has 2 N–H and O–H groups in total. The van der Waals surface area contributed by atoms with Gasteiger partial charge < -0.3 is 10.6 Å². The van der Waals surface area contributed by atoms with Gasteiger partial charge in [0.05, 0.1) is 0 Å². The molecule has 0 saturated carbocycles. The summed E-state index contributed by atoms with van der Waals surface area (Å²) in [7, 11) is 0. The molecule has 2 amide bonds. The molecule has 0 spiro atoms. The molecule has 2 aromatic carbocycles. The predicted octanol–water partition coefficient (Wildman–Crippen LogP) is 4.83. The van der Waals surface area contributed by atoms with Gasteiger partial charge in [0.2, 0.25) is 0 Å². The maximum atomic E-state index is 12.1. The average Bonchev–Trinajstić information content (AvgIpc) is 2.54. The highest BCUT2D eigenvalue weighted by atomic mass is 16.2. The van der Waals surface area contributed by atoms with Crippen molar-refractivity contribution < 1.29 is 4.79 Å². The molecule has 116 valence electrons. The summed E-state index contributed by atoms with van der Waals surface area (Å²) in [6.45, 7) is 6.91. The molecule has 22 heavy (non-hydrogen) atoms. The van der Waals surface area contributed by atoms with Crippen LogP contribution in [0.4, 0.5) is 10.5 Å². The van der Waals surface area contributed by atoms with Crippen LogP contribution in [0.1, 0.15) is 42.9 Å². The van der Waals surface area contributed by atoms with Crippen molar-refractivity contribution in [3.8, 4) is 0 Å². The van der Waals surface area contributed by atoms with Crippen molar-refractivity contribution in [1.29, 1.82) is 0 Å². The van der Waals surface area contributed by atoms with Crippen LogP contribution in [0, 0.1) is 6.92 Å². The molecule has 0 bridgehead atoms. The number of amides is 2. The Hall–Kier alpha value is -2.29. The van der Waals surface area contributed by atoms with Gasteiger partial charge in [0.15, 0.2) is 0 Å². The van der Waals surface area contributed by atoms with E-state index in [0.717, 1.165) is 17.7 Å². The van der Waals surface area contributed by atoms with Gasteiger partial charge in [-0.15, -0.1) is 0 Å². The second kappa shape index (κ2) is 7.64. The minimum Gasteiger partial charge on any atom is -0.334 e. The summed E-state index contributed by atoms with van der Waals surface area (Å²) in [5.74, 6) is 0.424. The van der Waals surface area contributed by atoms with Crippen molar-refractivity contribution in [3.05, 3.63) is 65.2 Å². The van der Waals surface area contributed by atoms with Gasteiger partial charge in [-0.25, -0.2) is 4.79 Å². The molecule has 0 aromatic heterocycles. The van der Waals surface area contributed by atoms with Crippen LogP contribution in [0.25, 0.3) is 0 Å². The van der Waals surface area contributed by atoms with Crippen LogP contribution in [0.15, 0.2) is 48.5 Å². The van der Waals surface area contributed by atoms with Crippen LogP contribution in [0.5, 0.6) is 0 Å². The van der Waals surface area contributed by atoms with Crippen molar-refractivity contribution >= 4 is 11.7 Å². The third-order valence-electron chi connectivity index (χ3n) is 4.05. The van der Waals surface area contributed by atoms with Gasteiger partial charge in [0, 0.05) is 12.2 Å². The number of carbonyl (C=O) groups excluding carboxylic acids is 1. The summed E-state index contributed by atoms with van der Waals surface area (Å²) < 4.78 is 0. The smallest absolute Gasteiger partial charge is 0.319 e. The highest BCUT2D eigenvalue weighted by Crippen LogP contribution is 2.26. The van der Waals surface area contributed by atoms with Gasteiger partial charge in [-0.3, -0.25) is 0 Å². The van der Waals surface area contributed by atoms with E-state index in [0.29, 0.717) is 12.5 Å². The molecule has 0 aliphatic carbocycles. The largest absolute Gasteiger partial charge is 0.334 e. The molecule has 0 radical (unpaired) electrons. The van der Waals surface area contributed by atoms with Crippen LogP contribution < -0.4 is 10.6 Å². The van der Waals surface area contributed by atoms with Crippen LogP contribution >= 0.6 is 0 Å². The van der Waals surface area contributed by atoms with E-state index in [1.54, 1.807) is 0 Å². The fourth-order valence-electron chi connectivity index (χ4n) is 2.41. The SMILES string of the molecule is CCC(C)c1ccccc1NC(=O)NCc1ccccc1C. The number of carbonyl (C=O) groups is 1. The number of nitrogens with one attached hydrogen (secondary N) is 2. The molecule has 0 heterocycles. The Labute approximate surface area is 132 Å². The fraction of sp³-hybridized carbons (Fsp3) is 0.316. The third-order valence-corrected chi connectivity index (χ3v) is 4.05. The number of anilines is 1. The number of aryl methyl sites for hydroxylation is 1. The zero-order chi connectivity index (χ0) is 15.9. The molecule has 3 nitrogen and oxygen atoms in total. The number of para-hydroxylation sites is 1. The Morgan fingerprint density at radius 3 is 2.50 bits per heavy atom. The lowest BCUT2D eigenvalue weighted by molar-refractivity contribution is 0.251. The summed E-state index contributed by atoms with van der Waals surface area (Å²) >= 11 is 0. The predicted molar refractivity (Wildman–Crippen MR) is 92.2 cm³/mol. The van der Waals surface area contributed by atoms with E-state index < -0.39 is 0 Å². The lowest BCUT2D eigenvalue weighted by Gasteiger charge is -2.16. The number of benzene rings is 2. The number of urea groups is 1. The molecule has 0 fully saturated rings. The summed E-state index contributed by atoms with van der Waals surface area (Å²) in [6.07, 6.45) is 1.05. The highest BCUT2D eigenvalue weighted by Gasteiger charge is 2.10. The maximum Gasteiger partial charge on any atom is 0.319 e. The Bertz CT molecular complexity index is 637. The number of hydrogen-bond acceptors (Lipinski definition) is 1.